The van der Waals surface area contributed by atoms with Crippen LogP contribution in [0.1, 0.15) is 0 Å². The number of fused-ring (bicyclic) bond motifs is 1. The van der Waals surface area contributed by atoms with Gasteiger partial charge in [-0.2, -0.15) is 0 Å². The number of nitrogens with zero attached hydrogens (tertiary/aromatic N) is 2. The van der Waals surface area contributed by atoms with Crippen molar-refractivity contribution in [1.82, 2.24) is 0 Å². The number of allylic oxidation sites excluding steroid dienone is 2. The number of rotatable bonds is 2. The molecule has 21 heavy (non-hydrogen) atoms. The van der Waals surface area contributed by atoms with Gasteiger partial charge in [0.2, 0.25) is 0 Å². The van der Waals surface area contributed by atoms with Gasteiger partial charge < -0.3 is 14.7 Å². The third kappa shape index (κ3) is 2.87. The minimum absolute atomic E-state index is 0.161. The molecule has 1 aliphatic rings. The molecule has 0 fully saturated rings. The summed E-state index contributed by atoms with van der Waals surface area (Å²) in [7, 11) is 7.28. The SMILES string of the molecule is CN1C(=O)C(=C/C=C/[NH+](C)C)C(=O)N(C)c2ccccc21. The molecule has 1 heterocycles. The zero-order chi connectivity index (χ0) is 15.6. The maximum atomic E-state index is 12.5. The molecule has 0 spiro atoms. The lowest BCUT2D eigenvalue weighted by Gasteiger charge is -2.19. The van der Waals surface area contributed by atoms with Crippen LogP contribution in [-0.4, -0.2) is 40.0 Å². The summed E-state index contributed by atoms with van der Waals surface area (Å²) in [5, 5.41) is 0. The minimum Gasteiger partial charge on any atom is -0.314 e. The van der Waals surface area contributed by atoms with Gasteiger partial charge in [-0.25, -0.2) is 0 Å². The molecule has 1 aliphatic heterocycles. The zero-order valence-electron chi connectivity index (χ0n) is 12.8. The van der Waals surface area contributed by atoms with Gasteiger partial charge in [-0.05, 0) is 24.3 Å². The fourth-order valence-electron chi connectivity index (χ4n) is 2.18. The molecule has 2 amide bonds. The van der Waals surface area contributed by atoms with E-state index in [-0.39, 0.29) is 17.4 Å². The van der Waals surface area contributed by atoms with E-state index in [4.69, 9.17) is 0 Å². The van der Waals surface area contributed by atoms with Crippen molar-refractivity contribution >= 4 is 23.2 Å². The largest absolute Gasteiger partial charge is 0.314 e. The molecule has 1 N–H and O–H groups in total. The number of anilines is 2. The van der Waals surface area contributed by atoms with Crippen LogP contribution in [0.5, 0.6) is 0 Å². The molecular formula is C16H20N3O2+. The highest BCUT2D eigenvalue weighted by molar-refractivity contribution is 6.30. The van der Waals surface area contributed by atoms with Crippen LogP contribution in [0, 0.1) is 0 Å². The Hall–Kier alpha value is -2.40. The van der Waals surface area contributed by atoms with Crippen LogP contribution in [0.2, 0.25) is 0 Å². The average Bonchev–Trinajstić information content (AvgIpc) is 2.53. The maximum absolute atomic E-state index is 12.5. The number of carbonyl (C=O) groups excluding carboxylic acids is 2. The first-order chi connectivity index (χ1) is 9.93. The molecule has 1 aromatic carbocycles. The van der Waals surface area contributed by atoms with Crippen LogP contribution in [0.15, 0.2) is 48.2 Å². The van der Waals surface area contributed by atoms with Crippen molar-refractivity contribution in [3.05, 3.63) is 48.2 Å². The zero-order valence-corrected chi connectivity index (χ0v) is 12.8. The van der Waals surface area contributed by atoms with E-state index in [0.717, 1.165) is 16.3 Å². The fourth-order valence-corrected chi connectivity index (χ4v) is 2.18. The Morgan fingerprint density at radius 1 is 0.952 bits per heavy atom. The molecule has 0 saturated carbocycles. The van der Waals surface area contributed by atoms with E-state index < -0.39 is 0 Å². The Morgan fingerprint density at radius 3 is 1.86 bits per heavy atom. The molecule has 2 rings (SSSR count). The number of likely N-dealkylation sites (N-methyl/N-ethyl adjacent to an activating group) is 2. The van der Waals surface area contributed by atoms with Gasteiger partial charge in [0.05, 0.1) is 31.7 Å². The van der Waals surface area contributed by atoms with Crippen LogP contribution < -0.4 is 14.7 Å². The second kappa shape index (κ2) is 5.93. The summed E-state index contributed by atoms with van der Waals surface area (Å²) < 4.78 is 0. The average molecular weight is 286 g/mol. The smallest absolute Gasteiger partial charge is 0.263 e. The number of para-hydroxylation sites is 2. The lowest BCUT2D eigenvalue weighted by Crippen LogP contribution is -3.00. The number of hydrogen-bond acceptors (Lipinski definition) is 2. The van der Waals surface area contributed by atoms with Crippen LogP contribution >= 0.6 is 0 Å². The standard InChI is InChI=1S/C16H19N3O2/c1-17(2)11-7-8-12-15(20)18(3)13-9-5-6-10-14(13)19(4)16(12)21/h5-11H,1-4H3/p+1/b11-7+. The Kier molecular flexibility index (Phi) is 4.23. The monoisotopic (exact) mass is 286 g/mol. The van der Waals surface area contributed by atoms with Gasteiger partial charge in [-0.3, -0.25) is 9.59 Å². The summed E-state index contributed by atoms with van der Waals surface area (Å²) in [4.78, 5) is 29.1. The van der Waals surface area contributed by atoms with Crippen LogP contribution in [-0.2, 0) is 9.59 Å². The van der Waals surface area contributed by atoms with E-state index in [1.165, 1.54) is 9.80 Å². The highest BCUT2D eigenvalue weighted by Gasteiger charge is 2.31. The Balaban J connectivity index is 2.49. The molecule has 0 aromatic heterocycles. The van der Waals surface area contributed by atoms with Crippen molar-refractivity contribution in [2.75, 3.05) is 38.0 Å². The van der Waals surface area contributed by atoms with E-state index in [2.05, 4.69) is 0 Å². The van der Waals surface area contributed by atoms with Gasteiger partial charge in [0, 0.05) is 14.1 Å². The van der Waals surface area contributed by atoms with Crippen LogP contribution in [0.3, 0.4) is 0 Å². The van der Waals surface area contributed by atoms with Gasteiger partial charge in [0.1, 0.15) is 5.57 Å². The van der Waals surface area contributed by atoms with Gasteiger partial charge in [-0.15, -0.1) is 0 Å². The lowest BCUT2D eigenvalue weighted by atomic mass is 10.2. The number of nitrogens with one attached hydrogen (secondary N) is 1. The van der Waals surface area contributed by atoms with E-state index in [9.17, 15) is 9.59 Å². The van der Waals surface area contributed by atoms with E-state index in [0.29, 0.717) is 0 Å². The second-order valence-corrected chi connectivity index (χ2v) is 5.23. The molecule has 0 aliphatic carbocycles. The second-order valence-electron chi connectivity index (χ2n) is 5.23. The molecule has 0 atom stereocenters. The summed E-state index contributed by atoms with van der Waals surface area (Å²) >= 11 is 0. The van der Waals surface area contributed by atoms with Gasteiger partial charge >= 0.3 is 0 Å². The Labute approximate surface area is 124 Å². The first-order valence-corrected chi connectivity index (χ1v) is 6.77. The molecule has 110 valence electrons. The number of quaternary nitrogens is 1. The number of hydrogen-bond donors (Lipinski definition) is 1. The topological polar surface area (TPSA) is 45.1 Å². The van der Waals surface area contributed by atoms with Crippen LogP contribution in [0.25, 0.3) is 0 Å². The molecule has 0 radical (unpaired) electrons. The van der Waals surface area contributed by atoms with Crippen molar-refractivity contribution in [3.8, 4) is 0 Å². The Bertz CT molecular complexity index is 589. The predicted octanol–water partition coefficient (Wildman–Crippen LogP) is 0.210. The normalized spacial score (nSPS) is 15.8. The number of benzene rings is 1. The van der Waals surface area contributed by atoms with Gasteiger partial charge in [0.25, 0.3) is 11.8 Å². The van der Waals surface area contributed by atoms with Gasteiger partial charge in [-0.1, -0.05) is 12.1 Å². The van der Waals surface area contributed by atoms with E-state index in [1.54, 1.807) is 26.2 Å². The molecule has 5 heteroatoms. The van der Waals surface area contributed by atoms with Gasteiger partial charge in [0.15, 0.2) is 0 Å². The maximum Gasteiger partial charge on any atom is 0.263 e. The van der Waals surface area contributed by atoms with E-state index in [1.807, 2.05) is 44.6 Å². The third-order valence-corrected chi connectivity index (χ3v) is 3.37. The van der Waals surface area contributed by atoms with Crippen molar-refractivity contribution in [2.24, 2.45) is 0 Å². The number of amides is 2. The molecule has 1 aromatic rings. The fraction of sp³-hybridized carbons (Fsp3) is 0.250. The van der Waals surface area contributed by atoms with Crippen molar-refractivity contribution in [2.45, 2.75) is 0 Å². The summed E-state index contributed by atoms with van der Waals surface area (Å²) in [6.07, 6.45) is 5.18. The van der Waals surface area contributed by atoms with Crippen molar-refractivity contribution in [3.63, 3.8) is 0 Å². The summed E-state index contributed by atoms with van der Waals surface area (Å²) in [6.45, 7) is 0. The molecule has 0 bridgehead atoms. The Morgan fingerprint density at radius 2 is 1.43 bits per heavy atom. The molecule has 0 unspecified atom stereocenters. The molecular weight excluding hydrogens is 266 g/mol. The first kappa shape index (κ1) is 15.0. The first-order valence-electron chi connectivity index (χ1n) is 6.77. The van der Waals surface area contributed by atoms with Crippen molar-refractivity contribution < 1.29 is 14.5 Å². The van der Waals surface area contributed by atoms with E-state index >= 15 is 0 Å². The minimum atomic E-state index is -0.296. The molecule has 0 saturated heterocycles. The summed E-state index contributed by atoms with van der Waals surface area (Å²) in [5.74, 6) is -0.592. The quantitative estimate of drug-likeness (QED) is 0.624. The highest BCUT2D eigenvalue weighted by atomic mass is 16.2. The lowest BCUT2D eigenvalue weighted by molar-refractivity contribution is -0.801. The highest BCUT2D eigenvalue weighted by Crippen LogP contribution is 2.32. The number of carbonyl (C=O) groups is 2. The summed E-state index contributed by atoms with van der Waals surface area (Å²) in [6, 6.07) is 7.37. The van der Waals surface area contributed by atoms with Crippen molar-refractivity contribution in [1.29, 1.82) is 0 Å². The molecule has 5 nitrogen and oxygen atoms in total. The van der Waals surface area contributed by atoms with Crippen LogP contribution in [0.4, 0.5) is 11.4 Å². The third-order valence-electron chi connectivity index (χ3n) is 3.37. The summed E-state index contributed by atoms with van der Waals surface area (Å²) in [5.41, 5.74) is 1.61. The predicted molar refractivity (Wildman–Crippen MR) is 83.3 cm³/mol.